The monoisotopic (exact) mass is 206 g/mol. The first-order valence-electron chi connectivity index (χ1n) is 5.76. The third kappa shape index (κ3) is 3.35. The second kappa shape index (κ2) is 5.32. The summed E-state index contributed by atoms with van der Waals surface area (Å²) in [6.45, 7) is 6.75. The Morgan fingerprint density at radius 2 is 1.93 bits per heavy atom. The van der Waals surface area contributed by atoms with Gasteiger partial charge in [0, 0.05) is 6.61 Å². The van der Waals surface area contributed by atoms with E-state index in [0.29, 0.717) is 0 Å². The zero-order valence-corrected chi connectivity index (χ0v) is 10.1. The molecule has 0 aromatic heterocycles. The van der Waals surface area contributed by atoms with E-state index in [1.54, 1.807) is 0 Å². The molecule has 0 aliphatic heterocycles. The van der Waals surface area contributed by atoms with Crippen molar-refractivity contribution in [3.05, 3.63) is 35.4 Å². The Hall–Kier alpha value is -0.820. The first-order valence-corrected chi connectivity index (χ1v) is 5.76. The van der Waals surface area contributed by atoms with E-state index in [9.17, 15) is 5.11 Å². The van der Waals surface area contributed by atoms with E-state index >= 15 is 0 Å². The highest BCUT2D eigenvalue weighted by Crippen LogP contribution is 2.28. The molecule has 0 heterocycles. The molecular weight excluding hydrogens is 184 g/mol. The molecule has 0 saturated carbocycles. The molecule has 1 N–H and O–H groups in total. The van der Waals surface area contributed by atoms with Crippen LogP contribution in [0.4, 0.5) is 0 Å². The molecule has 0 fully saturated rings. The van der Waals surface area contributed by atoms with Crippen LogP contribution in [0.15, 0.2) is 24.3 Å². The molecule has 1 nitrogen and oxygen atoms in total. The molecule has 0 aliphatic rings. The topological polar surface area (TPSA) is 20.2 Å². The van der Waals surface area contributed by atoms with Crippen molar-refractivity contribution in [2.24, 2.45) is 5.41 Å². The molecular formula is C14H22O. The molecule has 0 spiro atoms. The lowest BCUT2D eigenvalue weighted by Crippen LogP contribution is -2.24. The minimum absolute atomic E-state index is 0.0425. The van der Waals surface area contributed by atoms with Crippen molar-refractivity contribution in [3.8, 4) is 0 Å². The molecule has 0 amide bonds. The highest BCUT2D eigenvalue weighted by molar-refractivity contribution is 5.26. The fourth-order valence-corrected chi connectivity index (χ4v) is 2.10. The molecule has 1 heteroatoms. The van der Waals surface area contributed by atoms with Crippen molar-refractivity contribution in [3.63, 3.8) is 0 Å². The van der Waals surface area contributed by atoms with Crippen LogP contribution in [0.25, 0.3) is 0 Å². The van der Waals surface area contributed by atoms with Gasteiger partial charge < -0.3 is 5.11 Å². The summed E-state index contributed by atoms with van der Waals surface area (Å²) >= 11 is 0. The molecule has 1 aromatic carbocycles. The molecule has 0 bridgehead atoms. The smallest absolute Gasteiger partial charge is 0.0487 e. The van der Waals surface area contributed by atoms with Crippen LogP contribution in [0.3, 0.4) is 0 Å². The van der Waals surface area contributed by atoms with Crippen molar-refractivity contribution in [2.75, 3.05) is 6.61 Å². The summed E-state index contributed by atoms with van der Waals surface area (Å²) in [4.78, 5) is 0. The van der Waals surface area contributed by atoms with Gasteiger partial charge in [-0.25, -0.2) is 0 Å². The molecule has 1 unspecified atom stereocenters. The van der Waals surface area contributed by atoms with Crippen LogP contribution in [0.1, 0.15) is 37.8 Å². The largest absolute Gasteiger partial charge is 0.396 e. The number of hydrogen-bond acceptors (Lipinski definition) is 1. The standard InChI is InChI=1S/C14H22O/c1-4-9-14(3,11-15)10-13-8-6-5-7-12(13)2/h5-8,15H,4,9-11H2,1-3H3. The minimum atomic E-state index is 0.0425. The lowest BCUT2D eigenvalue weighted by Gasteiger charge is -2.27. The molecule has 1 atom stereocenters. The lowest BCUT2D eigenvalue weighted by atomic mass is 9.79. The quantitative estimate of drug-likeness (QED) is 0.783. The van der Waals surface area contributed by atoms with Gasteiger partial charge in [0.1, 0.15) is 0 Å². The Bertz CT molecular complexity index is 306. The van der Waals surface area contributed by atoms with E-state index in [4.69, 9.17) is 0 Å². The molecule has 1 rings (SSSR count). The fourth-order valence-electron chi connectivity index (χ4n) is 2.10. The van der Waals surface area contributed by atoms with Crippen molar-refractivity contribution in [1.29, 1.82) is 0 Å². The van der Waals surface area contributed by atoms with Crippen LogP contribution in [-0.4, -0.2) is 11.7 Å². The van der Waals surface area contributed by atoms with Crippen molar-refractivity contribution in [2.45, 2.75) is 40.0 Å². The van der Waals surface area contributed by atoms with Gasteiger partial charge in [-0.05, 0) is 36.3 Å². The molecule has 0 saturated heterocycles. The lowest BCUT2D eigenvalue weighted by molar-refractivity contribution is 0.131. The van der Waals surface area contributed by atoms with Crippen LogP contribution in [0, 0.1) is 12.3 Å². The summed E-state index contributed by atoms with van der Waals surface area (Å²) < 4.78 is 0. The van der Waals surface area contributed by atoms with Crippen LogP contribution >= 0.6 is 0 Å². The first-order chi connectivity index (χ1) is 7.11. The Kier molecular flexibility index (Phi) is 4.34. The SMILES string of the molecule is CCCC(C)(CO)Cc1ccccc1C. The van der Waals surface area contributed by atoms with Crippen molar-refractivity contribution < 1.29 is 5.11 Å². The number of benzene rings is 1. The van der Waals surface area contributed by atoms with Crippen LogP contribution in [-0.2, 0) is 6.42 Å². The highest BCUT2D eigenvalue weighted by atomic mass is 16.3. The number of aryl methyl sites for hydroxylation is 1. The van der Waals surface area contributed by atoms with E-state index in [0.717, 1.165) is 19.3 Å². The maximum atomic E-state index is 9.47. The summed E-state index contributed by atoms with van der Waals surface area (Å²) in [6.07, 6.45) is 3.19. The van der Waals surface area contributed by atoms with Gasteiger partial charge in [-0.3, -0.25) is 0 Å². The predicted molar refractivity (Wildman–Crippen MR) is 65.0 cm³/mol. The Morgan fingerprint density at radius 1 is 1.27 bits per heavy atom. The first kappa shape index (κ1) is 12.3. The van der Waals surface area contributed by atoms with Crippen molar-refractivity contribution >= 4 is 0 Å². The molecule has 84 valence electrons. The minimum Gasteiger partial charge on any atom is -0.396 e. The second-order valence-corrected chi connectivity index (χ2v) is 4.82. The van der Waals surface area contributed by atoms with Crippen LogP contribution in [0.5, 0.6) is 0 Å². The average Bonchev–Trinajstić information content (AvgIpc) is 2.22. The van der Waals surface area contributed by atoms with E-state index in [2.05, 4.69) is 45.0 Å². The van der Waals surface area contributed by atoms with E-state index in [1.165, 1.54) is 11.1 Å². The van der Waals surface area contributed by atoms with Gasteiger partial charge in [-0.2, -0.15) is 0 Å². The van der Waals surface area contributed by atoms with Gasteiger partial charge in [0.25, 0.3) is 0 Å². The van der Waals surface area contributed by atoms with Gasteiger partial charge in [-0.15, -0.1) is 0 Å². The third-order valence-electron chi connectivity index (χ3n) is 3.11. The summed E-state index contributed by atoms with van der Waals surface area (Å²) in [5, 5.41) is 9.47. The summed E-state index contributed by atoms with van der Waals surface area (Å²) in [5.41, 5.74) is 2.73. The molecule has 0 aliphatic carbocycles. The summed E-state index contributed by atoms with van der Waals surface area (Å²) in [7, 11) is 0. The maximum absolute atomic E-state index is 9.47. The fraction of sp³-hybridized carbons (Fsp3) is 0.571. The van der Waals surface area contributed by atoms with E-state index < -0.39 is 0 Å². The normalized spacial score (nSPS) is 14.9. The van der Waals surface area contributed by atoms with Gasteiger partial charge in [0.15, 0.2) is 0 Å². The maximum Gasteiger partial charge on any atom is 0.0487 e. The summed E-state index contributed by atoms with van der Waals surface area (Å²) in [5.74, 6) is 0. The number of hydrogen-bond donors (Lipinski definition) is 1. The Balaban J connectivity index is 2.79. The number of rotatable bonds is 5. The van der Waals surface area contributed by atoms with E-state index in [-0.39, 0.29) is 12.0 Å². The van der Waals surface area contributed by atoms with Gasteiger partial charge in [-0.1, -0.05) is 44.5 Å². The van der Waals surface area contributed by atoms with Crippen LogP contribution in [0.2, 0.25) is 0 Å². The zero-order chi connectivity index (χ0) is 11.3. The highest BCUT2D eigenvalue weighted by Gasteiger charge is 2.23. The average molecular weight is 206 g/mol. The van der Waals surface area contributed by atoms with Gasteiger partial charge >= 0.3 is 0 Å². The second-order valence-electron chi connectivity index (χ2n) is 4.82. The third-order valence-corrected chi connectivity index (χ3v) is 3.11. The number of aliphatic hydroxyl groups is 1. The Labute approximate surface area is 93.1 Å². The zero-order valence-electron chi connectivity index (χ0n) is 10.1. The molecule has 0 radical (unpaired) electrons. The van der Waals surface area contributed by atoms with Gasteiger partial charge in [0.2, 0.25) is 0 Å². The van der Waals surface area contributed by atoms with Gasteiger partial charge in [0.05, 0.1) is 0 Å². The molecule has 15 heavy (non-hydrogen) atoms. The molecule has 1 aromatic rings. The predicted octanol–water partition coefficient (Wildman–Crippen LogP) is 3.34. The van der Waals surface area contributed by atoms with Crippen molar-refractivity contribution in [1.82, 2.24) is 0 Å². The van der Waals surface area contributed by atoms with Crippen LogP contribution < -0.4 is 0 Å². The van der Waals surface area contributed by atoms with E-state index in [1.807, 2.05) is 0 Å². The number of aliphatic hydroxyl groups excluding tert-OH is 1. The summed E-state index contributed by atoms with van der Waals surface area (Å²) in [6, 6.07) is 8.44. The Morgan fingerprint density at radius 3 is 2.47 bits per heavy atom.